The molecule has 3 nitrogen and oxygen atoms in total. The average molecular weight is 294 g/mol. The zero-order valence-corrected chi connectivity index (χ0v) is 12.7. The van der Waals surface area contributed by atoms with Crippen molar-refractivity contribution in [1.29, 1.82) is 0 Å². The molecule has 0 spiro atoms. The van der Waals surface area contributed by atoms with E-state index in [0.717, 1.165) is 10.6 Å². The Balaban J connectivity index is 2.28. The zero-order valence-electron chi connectivity index (χ0n) is 11.9. The molecule has 1 aromatic heterocycles. The van der Waals surface area contributed by atoms with E-state index in [2.05, 4.69) is 10.3 Å². The van der Waals surface area contributed by atoms with Crippen LogP contribution in [0, 0.1) is 12.7 Å². The summed E-state index contributed by atoms with van der Waals surface area (Å²) >= 11 is 1.49. The first-order chi connectivity index (χ1) is 9.52. The van der Waals surface area contributed by atoms with Gasteiger partial charge in [0, 0.05) is 22.5 Å². The van der Waals surface area contributed by atoms with Gasteiger partial charge in [-0.15, -0.1) is 11.3 Å². The predicted octanol–water partition coefficient (Wildman–Crippen LogP) is 3.29. The first-order valence-corrected chi connectivity index (χ1v) is 7.43. The topological polar surface area (TPSA) is 45.2 Å². The van der Waals surface area contributed by atoms with Crippen molar-refractivity contribution in [3.05, 3.63) is 40.7 Å². The molecular weight excluding hydrogens is 275 g/mol. The highest BCUT2D eigenvalue weighted by Gasteiger charge is 2.17. The Morgan fingerprint density at radius 2 is 2.05 bits per heavy atom. The van der Waals surface area contributed by atoms with E-state index in [9.17, 15) is 4.39 Å². The fourth-order valence-corrected chi connectivity index (χ4v) is 3.22. The number of aliphatic hydroxyl groups is 1. The third-order valence-corrected chi connectivity index (χ3v) is 4.51. The highest BCUT2D eigenvalue weighted by molar-refractivity contribution is 7.15. The first-order valence-electron chi connectivity index (χ1n) is 6.62. The summed E-state index contributed by atoms with van der Waals surface area (Å²) in [5, 5.41) is 13.1. The number of nitrogens with one attached hydrogen (secondary N) is 1. The lowest BCUT2D eigenvalue weighted by atomic mass is 10.2. The lowest BCUT2D eigenvalue weighted by molar-refractivity contribution is 0.243. The number of aliphatic hydroxyl groups excluding tert-OH is 1. The van der Waals surface area contributed by atoms with Crippen molar-refractivity contribution in [2.24, 2.45) is 0 Å². The molecule has 0 saturated carbocycles. The minimum absolute atomic E-state index is 0.0170. The maximum atomic E-state index is 13.8. The summed E-state index contributed by atoms with van der Waals surface area (Å²) in [6, 6.07) is 6.77. The van der Waals surface area contributed by atoms with Gasteiger partial charge in [0.2, 0.25) is 0 Å². The molecule has 20 heavy (non-hydrogen) atoms. The summed E-state index contributed by atoms with van der Waals surface area (Å²) in [5.74, 6) is -0.253. The first kappa shape index (κ1) is 15.1. The molecule has 2 atom stereocenters. The third-order valence-electron chi connectivity index (χ3n) is 3.14. The normalized spacial score (nSPS) is 14.2. The maximum Gasteiger partial charge on any atom is 0.133 e. The quantitative estimate of drug-likeness (QED) is 0.889. The highest BCUT2D eigenvalue weighted by Crippen LogP contribution is 2.33. The Morgan fingerprint density at radius 1 is 1.35 bits per heavy atom. The van der Waals surface area contributed by atoms with Gasteiger partial charge >= 0.3 is 0 Å². The van der Waals surface area contributed by atoms with Gasteiger partial charge in [-0.25, -0.2) is 9.37 Å². The fourth-order valence-electron chi connectivity index (χ4n) is 2.11. The number of benzene rings is 1. The lowest BCUT2D eigenvalue weighted by Gasteiger charge is -2.17. The highest BCUT2D eigenvalue weighted by atomic mass is 32.1. The summed E-state index contributed by atoms with van der Waals surface area (Å²) in [6.45, 7) is 5.96. The number of aryl methyl sites for hydroxylation is 1. The summed E-state index contributed by atoms with van der Waals surface area (Å²) in [7, 11) is 0. The molecule has 1 heterocycles. The van der Waals surface area contributed by atoms with E-state index in [0.29, 0.717) is 10.6 Å². The van der Waals surface area contributed by atoms with Gasteiger partial charge in [-0.05, 0) is 32.9 Å². The molecule has 2 aromatic rings. The van der Waals surface area contributed by atoms with Crippen LogP contribution in [-0.4, -0.2) is 22.7 Å². The second-order valence-electron chi connectivity index (χ2n) is 4.92. The van der Waals surface area contributed by atoms with Gasteiger partial charge < -0.3 is 10.4 Å². The molecule has 0 amide bonds. The minimum atomic E-state index is -0.253. The number of aromatic nitrogens is 1. The standard InChI is InChI=1S/C15H19FN2OS/c1-9(8-19)17-10(2)14-11(3)18-15(20-14)12-6-4-5-7-13(12)16/h4-7,9-10,17,19H,8H2,1-3H3/t9-,10?/m1/s1. The molecule has 0 aliphatic rings. The van der Waals surface area contributed by atoms with Crippen LogP contribution in [-0.2, 0) is 0 Å². The van der Waals surface area contributed by atoms with Gasteiger partial charge in [0.05, 0.1) is 12.3 Å². The van der Waals surface area contributed by atoms with E-state index in [1.807, 2.05) is 26.8 Å². The molecule has 108 valence electrons. The molecule has 5 heteroatoms. The van der Waals surface area contributed by atoms with Crippen LogP contribution < -0.4 is 5.32 Å². The molecule has 1 unspecified atom stereocenters. The second-order valence-corrected chi connectivity index (χ2v) is 5.95. The van der Waals surface area contributed by atoms with Crippen molar-refractivity contribution in [3.63, 3.8) is 0 Å². The fraction of sp³-hybridized carbons (Fsp3) is 0.400. The van der Waals surface area contributed by atoms with Gasteiger partial charge in [-0.1, -0.05) is 12.1 Å². The van der Waals surface area contributed by atoms with E-state index in [-0.39, 0.29) is 24.5 Å². The lowest BCUT2D eigenvalue weighted by Crippen LogP contribution is -2.31. The van der Waals surface area contributed by atoms with Crippen LogP contribution in [0.1, 0.15) is 30.5 Å². The van der Waals surface area contributed by atoms with E-state index in [1.54, 1.807) is 12.1 Å². The third kappa shape index (κ3) is 3.23. The van der Waals surface area contributed by atoms with Crippen LogP contribution >= 0.6 is 11.3 Å². The van der Waals surface area contributed by atoms with Gasteiger partial charge in [0.1, 0.15) is 10.8 Å². The summed E-state index contributed by atoms with van der Waals surface area (Å²) < 4.78 is 13.8. The van der Waals surface area contributed by atoms with Crippen molar-refractivity contribution >= 4 is 11.3 Å². The minimum Gasteiger partial charge on any atom is -0.395 e. The monoisotopic (exact) mass is 294 g/mol. The smallest absolute Gasteiger partial charge is 0.133 e. The molecule has 0 radical (unpaired) electrons. The number of rotatable bonds is 5. The molecule has 2 N–H and O–H groups in total. The van der Waals surface area contributed by atoms with Gasteiger partial charge in [0.15, 0.2) is 0 Å². The van der Waals surface area contributed by atoms with E-state index in [1.165, 1.54) is 17.4 Å². The van der Waals surface area contributed by atoms with E-state index in [4.69, 9.17) is 5.11 Å². The number of hydrogen-bond donors (Lipinski definition) is 2. The summed E-state index contributed by atoms with van der Waals surface area (Å²) in [5.41, 5.74) is 1.44. The van der Waals surface area contributed by atoms with Crippen LogP contribution in [0.15, 0.2) is 24.3 Å². The Labute approximate surface area is 122 Å². The Kier molecular flexibility index (Phi) is 4.86. The second kappa shape index (κ2) is 6.43. The molecule has 1 aromatic carbocycles. The van der Waals surface area contributed by atoms with Crippen LogP contribution in [0.25, 0.3) is 10.6 Å². The van der Waals surface area contributed by atoms with Crippen molar-refractivity contribution in [3.8, 4) is 10.6 Å². The predicted molar refractivity (Wildman–Crippen MR) is 80.3 cm³/mol. The van der Waals surface area contributed by atoms with Gasteiger partial charge in [-0.2, -0.15) is 0 Å². The molecule has 2 rings (SSSR count). The molecule has 0 saturated heterocycles. The number of hydrogen-bond acceptors (Lipinski definition) is 4. The molecule has 0 fully saturated rings. The van der Waals surface area contributed by atoms with Gasteiger partial charge in [0.25, 0.3) is 0 Å². The van der Waals surface area contributed by atoms with Crippen LogP contribution in [0.4, 0.5) is 4.39 Å². The summed E-state index contributed by atoms with van der Waals surface area (Å²) in [6.07, 6.45) is 0. The maximum absolute atomic E-state index is 13.8. The average Bonchev–Trinajstić information content (AvgIpc) is 2.81. The Morgan fingerprint density at radius 3 is 2.70 bits per heavy atom. The van der Waals surface area contributed by atoms with E-state index < -0.39 is 0 Å². The van der Waals surface area contributed by atoms with E-state index >= 15 is 0 Å². The van der Waals surface area contributed by atoms with Crippen molar-refractivity contribution in [2.75, 3.05) is 6.61 Å². The molecule has 0 aliphatic carbocycles. The molecule has 0 aliphatic heterocycles. The van der Waals surface area contributed by atoms with Gasteiger partial charge in [-0.3, -0.25) is 0 Å². The summed E-state index contributed by atoms with van der Waals surface area (Å²) in [4.78, 5) is 5.54. The van der Waals surface area contributed by atoms with Crippen LogP contribution in [0.2, 0.25) is 0 Å². The zero-order chi connectivity index (χ0) is 14.7. The number of halogens is 1. The van der Waals surface area contributed by atoms with Crippen molar-refractivity contribution in [1.82, 2.24) is 10.3 Å². The molecule has 0 bridgehead atoms. The SMILES string of the molecule is Cc1nc(-c2ccccc2F)sc1C(C)N[C@H](C)CO. The number of thiazole rings is 1. The van der Waals surface area contributed by atoms with Crippen LogP contribution in [0.5, 0.6) is 0 Å². The van der Waals surface area contributed by atoms with Crippen molar-refractivity contribution < 1.29 is 9.50 Å². The Hall–Kier alpha value is -1.30. The Bertz CT molecular complexity index is 585. The molecular formula is C15H19FN2OS. The number of nitrogens with zero attached hydrogens (tertiary/aromatic N) is 1. The van der Waals surface area contributed by atoms with Crippen LogP contribution in [0.3, 0.4) is 0 Å². The largest absolute Gasteiger partial charge is 0.395 e. The van der Waals surface area contributed by atoms with Crippen molar-refractivity contribution in [2.45, 2.75) is 32.9 Å².